The zero-order valence-electron chi connectivity index (χ0n) is 5.99. The van der Waals surface area contributed by atoms with E-state index in [2.05, 4.69) is 40.6 Å². The molecule has 0 bridgehead atoms. The van der Waals surface area contributed by atoms with Crippen molar-refractivity contribution >= 4 is 4.00 Å². The molecule has 0 radical (unpaired) electrons. The van der Waals surface area contributed by atoms with Gasteiger partial charge in [-0.05, 0) is 0 Å². The predicted octanol–water partition coefficient (Wildman–Crippen LogP) is 1.03. The van der Waals surface area contributed by atoms with Crippen LogP contribution < -0.4 is 4.00 Å². The molecule has 0 unspecified atom stereocenters. The average molecular weight is 180 g/mol. The van der Waals surface area contributed by atoms with Crippen molar-refractivity contribution < 1.29 is 19.2 Å². The predicted molar refractivity (Wildman–Crippen MR) is 40.3 cm³/mol. The Hall–Kier alpha value is -0.596. The average Bonchev–Trinajstić information content (AvgIpc) is 2.60. The zero-order chi connectivity index (χ0) is 7.52. The summed E-state index contributed by atoms with van der Waals surface area (Å²) in [5.74, 6) is 0. The molecule has 2 nitrogen and oxygen atoms in total. The van der Waals surface area contributed by atoms with E-state index in [1.807, 2.05) is 6.20 Å². The van der Waals surface area contributed by atoms with Crippen LogP contribution in [0.3, 0.4) is 0 Å². The van der Waals surface area contributed by atoms with Crippen molar-refractivity contribution in [1.29, 1.82) is 0 Å². The van der Waals surface area contributed by atoms with E-state index in [1.54, 1.807) is 0 Å². The monoisotopic (exact) mass is 180 g/mol. The van der Waals surface area contributed by atoms with E-state index < -0.39 is 0 Å². The molecule has 3 heteroatoms. The number of rotatable bonds is 2. The van der Waals surface area contributed by atoms with Gasteiger partial charge in [-0.3, -0.25) is 0 Å². The van der Waals surface area contributed by atoms with Gasteiger partial charge in [-0.15, -0.1) is 0 Å². The maximum atomic E-state index is 4.14. The van der Waals surface area contributed by atoms with Crippen molar-refractivity contribution in [3.05, 3.63) is 36.6 Å². The van der Waals surface area contributed by atoms with E-state index in [1.165, 1.54) is 4.00 Å². The first-order valence-electron chi connectivity index (χ1n) is 3.56. The van der Waals surface area contributed by atoms with Crippen molar-refractivity contribution in [1.82, 2.24) is 10.2 Å². The Morgan fingerprint density at radius 3 is 2.82 bits per heavy atom. The Balaban J connectivity index is 2.01. The maximum absolute atomic E-state index is 4.14. The number of aromatic amines is 1. The second-order valence-electron chi connectivity index (χ2n) is 2.40. The van der Waals surface area contributed by atoms with Crippen molar-refractivity contribution in [2.24, 2.45) is 0 Å². The summed E-state index contributed by atoms with van der Waals surface area (Å²) in [7, 11) is 0. The standard InChI is InChI=1S/C5H5.C3H3N2.Ti/c2*1-2-4-5-3-1;/h1-5H;1-2H,(H,4,5);. The minimum absolute atomic E-state index is 0.0868. The molecule has 0 atom stereocenters. The van der Waals surface area contributed by atoms with Crippen LogP contribution in [0.2, 0.25) is 4.22 Å². The molecule has 54 valence electrons. The Morgan fingerprint density at radius 1 is 1.36 bits per heavy atom. The fourth-order valence-electron chi connectivity index (χ4n) is 1.04. The van der Waals surface area contributed by atoms with Crippen LogP contribution in [0.4, 0.5) is 0 Å². The van der Waals surface area contributed by atoms with Gasteiger partial charge in [-0.25, -0.2) is 0 Å². The van der Waals surface area contributed by atoms with Gasteiger partial charge in [0, 0.05) is 0 Å². The zero-order valence-corrected chi connectivity index (χ0v) is 7.55. The van der Waals surface area contributed by atoms with Gasteiger partial charge in [0.05, 0.1) is 0 Å². The first kappa shape index (κ1) is 7.08. The van der Waals surface area contributed by atoms with Crippen LogP contribution in [0.15, 0.2) is 36.6 Å². The molecule has 0 aliphatic heterocycles. The van der Waals surface area contributed by atoms with E-state index in [-0.39, 0.29) is 19.2 Å². The molecule has 1 aromatic rings. The van der Waals surface area contributed by atoms with Crippen molar-refractivity contribution in [2.75, 3.05) is 0 Å². The van der Waals surface area contributed by atoms with Gasteiger partial charge < -0.3 is 0 Å². The third-order valence-corrected chi connectivity index (χ3v) is 3.58. The number of H-pyrrole nitrogens is 1. The minimum atomic E-state index is -0.0868. The van der Waals surface area contributed by atoms with Crippen LogP contribution in [0.1, 0.15) is 0 Å². The summed E-state index contributed by atoms with van der Waals surface area (Å²) in [6.45, 7) is 0. The van der Waals surface area contributed by atoms with Crippen LogP contribution >= 0.6 is 0 Å². The molecule has 0 aromatic carbocycles. The Morgan fingerprint density at radius 2 is 2.18 bits per heavy atom. The van der Waals surface area contributed by atoms with E-state index >= 15 is 0 Å². The molecule has 0 spiro atoms. The van der Waals surface area contributed by atoms with E-state index in [0.29, 0.717) is 4.22 Å². The van der Waals surface area contributed by atoms with E-state index in [4.69, 9.17) is 0 Å². The Bertz CT molecular complexity index is 262. The van der Waals surface area contributed by atoms with Crippen LogP contribution in [-0.4, -0.2) is 10.2 Å². The van der Waals surface area contributed by atoms with Gasteiger partial charge in [0.15, 0.2) is 0 Å². The molecule has 0 amide bonds. The first-order chi connectivity index (χ1) is 5.45. The van der Waals surface area contributed by atoms with Gasteiger partial charge in [0.25, 0.3) is 0 Å². The number of nitrogens with one attached hydrogen (secondary N) is 1. The summed E-state index contributed by atoms with van der Waals surface area (Å²) in [5.41, 5.74) is 0. The summed E-state index contributed by atoms with van der Waals surface area (Å²) in [6.07, 6.45) is 10.6. The van der Waals surface area contributed by atoms with E-state index in [9.17, 15) is 0 Å². The second kappa shape index (κ2) is 3.20. The molecule has 1 heterocycles. The fourth-order valence-corrected chi connectivity index (χ4v) is 2.70. The van der Waals surface area contributed by atoms with E-state index in [0.717, 1.165) is 0 Å². The molecule has 11 heavy (non-hydrogen) atoms. The third kappa shape index (κ3) is 1.70. The first-order valence-corrected chi connectivity index (χ1v) is 5.25. The van der Waals surface area contributed by atoms with Crippen molar-refractivity contribution in [2.45, 2.75) is 4.22 Å². The van der Waals surface area contributed by atoms with Gasteiger partial charge in [0.1, 0.15) is 0 Å². The molecule has 1 aliphatic carbocycles. The molecule has 1 aliphatic rings. The molecule has 2 rings (SSSR count). The molecular formula is C8H8N2Ti. The van der Waals surface area contributed by atoms with Crippen LogP contribution in [0, 0.1) is 0 Å². The Kier molecular flexibility index (Phi) is 2.06. The number of hydrogen-bond acceptors (Lipinski definition) is 1. The summed E-state index contributed by atoms with van der Waals surface area (Å²) in [6, 6.07) is 2.07. The molecule has 0 saturated heterocycles. The molecule has 0 saturated carbocycles. The summed E-state index contributed by atoms with van der Waals surface area (Å²) < 4.78 is 1.93. The van der Waals surface area contributed by atoms with Gasteiger partial charge in [0.2, 0.25) is 0 Å². The van der Waals surface area contributed by atoms with Crippen LogP contribution in [0.5, 0.6) is 0 Å². The van der Waals surface area contributed by atoms with Crippen LogP contribution in [0.25, 0.3) is 0 Å². The van der Waals surface area contributed by atoms with Crippen molar-refractivity contribution in [3.63, 3.8) is 0 Å². The normalized spacial score (nSPS) is 16.0. The third-order valence-electron chi connectivity index (χ3n) is 1.56. The molecule has 1 N–H and O–H groups in total. The number of aromatic nitrogens is 2. The fraction of sp³-hybridized carbons (Fsp3) is 0.125. The van der Waals surface area contributed by atoms with Crippen molar-refractivity contribution in [3.8, 4) is 0 Å². The van der Waals surface area contributed by atoms with Gasteiger partial charge >= 0.3 is 74.1 Å². The topological polar surface area (TPSA) is 28.7 Å². The Labute approximate surface area is 74.3 Å². The van der Waals surface area contributed by atoms with Crippen LogP contribution in [-0.2, 0) is 19.2 Å². The molecule has 0 fully saturated rings. The quantitative estimate of drug-likeness (QED) is 0.676. The number of nitrogens with zero attached hydrogens (tertiary/aromatic N) is 1. The summed E-state index contributed by atoms with van der Waals surface area (Å²) >= 11 is -0.0868. The summed E-state index contributed by atoms with van der Waals surface area (Å²) in [5, 5.41) is 6.98. The SMILES string of the molecule is C1=C[CH]([Ti][c]2cc[nH]n2)C=C1. The van der Waals surface area contributed by atoms with Gasteiger partial charge in [-0.2, -0.15) is 0 Å². The number of allylic oxidation sites excluding steroid dienone is 4. The summed E-state index contributed by atoms with van der Waals surface area (Å²) in [4.78, 5) is 0. The molecular weight excluding hydrogens is 172 g/mol. The van der Waals surface area contributed by atoms with Gasteiger partial charge in [-0.1, -0.05) is 0 Å². The number of hydrogen-bond donors (Lipinski definition) is 1. The second-order valence-corrected chi connectivity index (χ2v) is 4.69. The molecule has 1 aromatic heterocycles.